The molecule has 20 heavy (non-hydrogen) atoms. The second-order valence-electron chi connectivity index (χ2n) is 4.68. The van der Waals surface area contributed by atoms with Crippen molar-refractivity contribution in [3.8, 4) is 0 Å². The van der Waals surface area contributed by atoms with Crippen molar-refractivity contribution < 1.29 is 4.79 Å². The van der Waals surface area contributed by atoms with E-state index in [1.165, 1.54) is 4.68 Å². The molecule has 0 fully saturated rings. The Balaban J connectivity index is 2.24. The molecule has 0 unspecified atom stereocenters. The summed E-state index contributed by atoms with van der Waals surface area (Å²) >= 11 is 0. The highest BCUT2D eigenvalue weighted by molar-refractivity contribution is 5.95. The van der Waals surface area contributed by atoms with Gasteiger partial charge in [0.05, 0.1) is 5.69 Å². The van der Waals surface area contributed by atoms with E-state index in [2.05, 4.69) is 10.4 Å². The quantitative estimate of drug-likeness (QED) is 0.916. The van der Waals surface area contributed by atoms with Crippen molar-refractivity contribution in [2.45, 2.75) is 20.4 Å². The average molecular weight is 271 g/mol. The minimum atomic E-state index is -0.376. The lowest BCUT2D eigenvalue weighted by atomic mass is 10.1. The second kappa shape index (κ2) is 5.69. The first-order valence-corrected chi connectivity index (χ1v) is 6.37. The Hall–Kier alpha value is -2.43. The molecule has 104 valence electrons. The van der Waals surface area contributed by atoms with Crippen LogP contribution in [0.4, 0.5) is 0 Å². The summed E-state index contributed by atoms with van der Waals surface area (Å²) in [6, 6.07) is 9.56. The van der Waals surface area contributed by atoms with Crippen LogP contribution in [0.3, 0.4) is 0 Å². The van der Waals surface area contributed by atoms with Crippen molar-refractivity contribution in [1.82, 2.24) is 15.1 Å². The summed E-state index contributed by atoms with van der Waals surface area (Å²) in [5.74, 6) is -0.363. The minimum Gasteiger partial charge on any atom is -0.348 e. The Kier molecular flexibility index (Phi) is 3.98. The van der Waals surface area contributed by atoms with Gasteiger partial charge in [0.1, 0.15) is 5.56 Å². The van der Waals surface area contributed by atoms with E-state index in [0.29, 0.717) is 17.8 Å². The molecular weight excluding hydrogens is 254 g/mol. The first-order valence-electron chi connectivity index (χ1n) is 6.37. The van der Waals surface area contributed by atoms with E-state index < -0.39 is 0 Å². The zero-order valence-electron chi connectivity index (χ0n) is 11.8. The van der Waals surface area contributed by atoms with E-state index in [9.17, 15) is 9.59 Å². The SMILES string of the molecule is Cc1nn(C)c(=O)c(C(=O)NCc2ccccc2)c1C. The molecule has 1 aromatic carbocycles. The molecule has 0 atom stereocenters. The lowest BCUT2D eigenvalue weighted by Gasteiger charge is -2.10. The van der Waals surface area contributed by atoms with E-state index in [1.54, 1.807) is 20.9 Å². The van der Waals surface area contributed by atoms with Gasteiger partial charge < -0.3 is 5.32 Å². The predicted octanol–water partition coefficient (Wildman–Crippen LogP) is 1.33. The number of nitrogens with zero attached hydrogens (tertiary/aromatic N) is 2. The molecule has 1 aromatic heterocycles. The van der Waals surface area contributed by atoms with Gasteiger partial charge in [0.15, 0.2) is 0 Å². The molecule has 0 radical (unpaired) electrons. The molecule has 1 amide bonds. The van der Waals surface area contributed by atoms with E-state index in [-0.39, 0.29) is 17.0 Å². The third kappa shape index (κ3) is 2.77. The maximum atomic E-state index is 12.2. The second-order valence-corrected chi connectivity index (χ2v) is 4.68. The van der Waals surface area contributed by atoms with Crippen LogP contribution in [-0.2, 0) is 13.6 Å². The molecule has 1 N–H and O–H groups in total. The van der Waals surface area contributed by atoms with Crippen LogP contribution in [0, 0.1) is 13.8 Å². The minimum absolute atomic E-state index is 0.163. The molecule has 1 heterocycles. The monoisotopic (exact) mass is 271 g/mol. The standard InChI is InChI=1S/C15H17N3O2/c1-10-11(2)17-18(3)15(20)13(10)14(19)16-9-12-7-5-4-6-8-12/h4-8H,9H2,1-3H3,(H,16,19). The van der Waals surface area contributed by atoms with Crippen molar-refractivity contribution in [3.05, 3.63) is 63.1 Å². The number of carbonyl (C=O) groups is 1. The first-order chi connectivity index (χ1) is 9.50. The topological polar surface area (TPSA) is 64.0 Å². The number of benzene rings is 1. The van der Waals surface area contributed by atoms with Gasteiger partial charge in [-0.3, -0.25) is 9.59 Å². The fourth-order valence-electron chi connectivity index (χ4n) is 1.98. The number of nitrogens with one attached hydrogen (secondary N) is 1. The number of rotatable bonds is 3. The van der Waals surface area contributed by atoms with Crippen LogP contribution in [0.5, 0.6) is 0 Å². The summed E-state index contributed by atoms with van der Waals surface area (Å²) in [6.45, 7) is 3.91. The lowest BCUT2D eigenvalue weighted by molar-refractivity contribution is 0.0947. The van der Waals surface area contributed by atoms with Crippen LogP contribution >= 0.6 is 0 Å². The fourth-order valence-corrected chi connectivity index (χ4v) is 1.98. The smallest absolute Gasteiger partial charge is 0.279 e. The number of aryl methyl sites for hydroxylation is 2. The number of carbonyl (C=O) groups excluding carboxylic acids is 1. The normalized spacial score (nSPS) is 10.3. The van der Waals surface area contributed by atoms with Gasteiger partial charge >= 0.3 is 0 Å². The van der Waals surface area contributed by atoms with Crippen molar-refractivity contribution >= 4 is 5.91 Å². The van der Waals surface area contributed by atoms with Crippen LogP contribution < -0.4 is 10.9 Å². The van der Waals surface area contributed by atoms with Crippen LogP contribution in [0.2, 0.25) is 0 Å². The fraction of sp³-hybridized carbons (Fsp3) is 0.267. The summed E-state index contributed by atoms with van der Waals surface area (Å²) in [5, 5.41) is 6.83. The van der Waals surface area contributed by atoms with Crippen molar-refractivity contribution in [2.75, 3.05) is 0 Å². The van der Waals surface area contributed by atoms with Gasteiger partial charge in [0.25, 0.3) is 11.5 Å². The zero-order chi connectivity index (χ0) is 14.7. The molecule has 2 rings (SSSR count). The number of hydrogen-bond donors (Lipinski definition) is 1. The van der Waals surface area contributed by atoms with Gasteiger partial charge in [-0.2, -0.15) is 5.10 Å². The molecule has 0 saturated heterocycles. The molecule has 0 bridgehead atoms. The number of amides is 1. The maximum absolute atomic E-state index is 12.2. The number of hydrogen-bond acceptors (Lipinski definition) is 3. The summed E-state index contributed by atoms with van der Waals surface area (Å²) < 4.78 is 1.19. The van der Waals surface area contributed by atoms with Crippen molar-refractivity contribution in [1.29, 1.82) is 0 Å². The number of aromatic nitrogens is 2. The van der Waals surface area contributed by atoms with Gasteiger partial charge in [-0.25, -0.2) is 4.68 Å². The van der Waals surface area contributed by atoms with Crippen molar-refractivity contribution in [3.63, 3.8) is 0 Å². The Morgan fingerprint density at radius 1 is 1.25 bits per heavy atom. The average Bonchev–Trinajstić information content (AvgIpc) is 2.44. The van der Waals surface area contributed by atoms with E-state index in [0.717, 1.165) is 5.56 Å². The van der Waals surface area contributed by atoms with Gasteiger partial charge in [0, 0.05) is 13.6 Å². The largest absolute Gasteiger partial charge is 0.348 e. The Labute approximate surface area is 117 Å². The molecule has 0 aliphatic heterocycles. The Morgan fingerprint density at radius 2 is 1.90 bits per heavy atom. The third-order valence-corrected chi connectivity index (χ3v) is 3.25. The van der Waals surface area contributed by atoms with E-state index in [4.69, 9.17) is 0 Å². The van der Waals surface area contributed by atoms with Crippen LogP contribution in [-0.4, -0.2) is 15.7 Å². The molecule has 0 aliphatic carbocycles. The zero-order valence-corrected chi connectivity index (χ0v) is 11.8. The lowest BCUT2D eigenvalue weighted by Crippen LogP contribution is -2.34. The van der Waals surface area contributed by atoms with Gasteiger partial charge in [-0.1, -0.05) is 30.3 Å². The Bertz CT molecular complexity index is 690. The van der Waals surface area contributed by atoms with Crippen LogP contribution in [0.15, 0.2) is 35.1 Å². The van der Waals surface area contributed by atoms with Gasteiger partial charge in [-0.05, 0) is 25.0 Å². The molecule has 2 aromatic rings. The van der Waals surface area contributed by atoms with E-state index in [1.807, 2.05) is 30.3 Å². The first kappa shape index (κ1) is 14.0. The molecule has 0 aliphatic rings. The highest BCUT2D eigenvalue weighted by atomic mass is 16.2. The molecule has 5 heteroatoms. The van der Waals surface area contributed by atoms with Crippen LogP contribution in [0.1, 0.15) is 27.2 Å². The summed E-state index contributed by atoms with van der Waals surface area (Å²) in [5.41, 5.74) is 2.08. The van der Waals surface area contributed by atoms with Gasteiger partial charge in [-0.15, -0.1) is 0 Å². The summed E-state index contributed by atoms with van der Waals surface area (Å²) in [4.78, 5) is 24.2. The Morgan fingerprint density at radius 3 is 2.55 bits per heavy atom. The highest BCUT2D eigenvalue weighted by Gasteiger charge is 2.17. The van der Waals surface area contributed by atoms with Gasteiger partial charge in [0.2, 0.25) is 0 Å². The van der Waals surface area contributed by atoms with Crippen LogP contribution in [0.25, 0.3) is 0 Å². The predicted molar refractivity (Wildman–Crippen MR) is 76.6 cm³/mol. The molecular formula is C15H17N3O2. The highest BCUT2D eigenvalue weighted by Crippen LogP contribution is 2.06. The van der Waals surface area contributed by atoms with E-state index >= 15 is 0 Å². The summed E-state index contributed by atoms with van der Waals surface area (Å²) in [6.07, 6.45) is 0. The van der Waals surface area contributed by atoms with Crippen molar-refractivity contribution in [2.24, 2.45) is 7.05 Å². The third-order valence-electron chi connectivity index (χ3n) is 3.25. The summed E-state index contributed by atoms with van der Waals surface area (Å²) in [7, 11) is 1.54. The molecule has 0 spiro atoms. The molecule has 5 nitrogen and oxygen atoms in total. The maximum Gasteiger partial charge on any atom is 0.279 e. The molecule has 0 saturated carbocycles.